The van der Waals surface area contributed by atoms with Gasteiger partial charge in [0.05, 0.1) is 17.6 Å². The van der Waals surface area contributed by atoms with Crippen LogP contribution in [0.15, 0.2) is 71.2 Å². The number of imidazole rings is 1. The summed E-state index contributed by atoms with van der Waals surface area (Å²) in [5.74, 6) is 2.01. The number of ether oxygens (including phenoxy) is 1. The summed E-state index contributed by atoms with van der Waals surface area (Å²) in [7, 11) is 0. The maximum Gasteiger partial charge on any atom is 0.141 e. The molecule has 148 valence electrons. The number of hydrogen-bond donors (Lipinski definition) is 0. The molecule has 29 heavy (non-hydrogen) atoms. The van der Waals surface area contributed by atoms with Gasteiger partial charge < -0.3 is 9.30 Å². The number of unbranched alkanes of at least 4 members (excludes halogenated alkanes) is 1. The Morgan fingerprint density at radius 1 is 0.931 bits per heavy atom. The third kappa shape index (κ3) is 4.38. The van der Waals surface area contributed by atoms with E-state index in [1.54, 1.807) is 0 Å². The maximum atomic E-state index is 6.02. The summed E-state index contributed by atoms with van der Waals surface area (Å²) in [5, 5.41) is 0. The average molecular weight is 449 g/mol. The second-order valence-corrected chi connectivity index (χ2v) is 8.26. The first-order chi connectivity index (χ1) is 14.1. The molecule has 0 aliphatic carbocycles. The molecule has 0 fully saturated rings. The first kappa shape index (κ1) is 19.7. The van der Waals surface area contributed by atoms with Gasteiger partial charge in [0.25, 0.3) is 0 Å². The second kappa shape index (κ2) is 8.83. The van der Waals surface area contributed by atoms with Crippen LogP contribution in [0.4, 0.5) is 0 Å². The van der Waals surface area contributed by atoms with Crippen molar-refractivity contribution in [2.24, 2.45) is 0 Å². The van der Waals surface area contributed by atoms with Crippen LogP contribution in [0.5, 0.6) is 5.75 Å². The van der Waals surface area contributed by atoms with Crippen molar-refractivity contribution in [2.45, 2.75) is 33.2 Å². The standard InChI is InChI=1S/C25H25BrN2O/c1-18-9-7-14-24(19(18)2)29-16-6-5-15-28-23-13-4-3-12-22(23)27-25(28)20-10-8-11-21(26)17-20/h3-4,7-14,17H,5-6,15-16H2,1-2H3. The molecular weight excluding hydrogens is 424 g/mol. The minimum absolute atomic E-state index is 0.725. The van der Waals surface area contributed by atoms with E-state index in [0.29, 0.717) is 0 Å². The third-order valence-electron chi connectivity index (χ3n) is 5.33. The minimum Gasteiger partial charge on any atom is -0.493 e. The van der Waals surface area contributed by atoms with Crippen LogP contribution in [0.2, 0.25) is 0 Å². The highest BCUT2D eigenvalue weighted by Crippen LogP contribution is 2.27. The molecule has 0 aliphatic heterocycles. The smallest absolute Gasteiger partial charge is 0.141 e. The van der Waals surface area contributed by atoms with Gasteiger partial charge in [-0.15, -0.1) is 0 Å². The van der Waals surface area contributed by atoms with Gasteiger partial charge in [0.2, 0.25) is 0 Å². The number of benzene rings is 3. The predicted octanol–water partition coefficient (Wildman–Crippen LogP) is 6.94. The van der Waals surface area contributed by atoms with E-state index in [-0.39, 0.29) is 0 Å². The predicted molar refractivity (Wildman–Crippen MR) is 124 cm³/mol. The van der Waals surface area contributed by atoms with Crippen molar-refractivity contribution >= 4 is 27.0 Å². The fourth-order valence-electron chi connectivity index (χ4n) is 3.58. The summed E-state index contributed by atoms with van der Waals surface area (Å²) in [6.45, 7) is 5.88. The number of nitrogens with zero attached hydrogens (tertiary/aromatic N) is 2. The van der Waals surface area contributed by atoms with E-state index in [9.17, 15) is 0 Å². The first-order valence-corrected chi connectivity index (χ1v) is 10.8. The lowest BCUT2D eigenvalue weighted by molar-refractivity contribution is 0.301. The normalized spacial score (nSPS) is 11.1. The highest BCUT2D eigenvalue weighted by Gasteiger charge is 2.12. The zero-order valence-corrected chi connectivity index (χ0v) is 18.4. The second-order valence-electron chi connectivity index (χ2n) is 7.34. The maximum absolute atomic E-state index is 6.02. The monoisotopic (exact) mass is 448 g/mol. The Bertz CT molecular complexity index is 1130. The summed E-state index contributed by atoms with van der Waals surface area (Å²) in [5.41, 5.74) is 5.84. The van der Waals surface area contributed by atoms with Crippen LogP contribution >= 0.6 is 15.9 Å². The average Bonchev–Trinajstić information content (AvgIpc) is 3.09. The minimum atomic E-state index is 0.725. The van der Waals surface area contributed by atoms with Gasteiger partial charge in [0.15, 0.2) is 0 Å². The van der Waals surface area contributed by atoms with E-state index in [2.05, 4.69) is 88.9 Å². The molecular formula is C25H25BrN2O. The van der Waals surface area contributed by atoms with Gasteiger partial charge >= 0.3 is 0 Å². The molecule has 4 aromatic rings. The Balaban J connectivity index is 1.47. The van der Waals surface area contributed by atoms with E-state index in [1.165, 1.54) is 16.6 Å². The number of aryl methyl sites for hydroxylation is 2. The Labute approximate surface area is 180 Å². The van der Waals surface area contributed by atoms with E-state index in [0.717, 1.165) is 53.1 Å². The fourth-order valence-corrected chi connectivity index (χ4v) is 3.98. The summed E-state index contributed by atoms with van der Waals surface area (Å²) in [6.07, 6.45) is 2.03. The van der Waals surface area contributed by atoms with Gasteiger partial charge in [-0.05, 0) is 68.1 Å². The molecule has 0 N–H and O–H groups in total. The molecule has 0 amide bonds. The van der Waals surface area contributed by atoms with Gasteiger partial charge in [-0.1, -0.05) is 52.3 Å². The van der Waals surface area contributed by atoms with Crippen molar-refractivity contribution in [1.82, 2.24) is 9.55 Å². The molecule has 4 rings (SSSR count). The molecule has 0 saturated carbocycles. The van der Waals surface area contributed by atoms with Gasteiger partial charge in [0, 0.05) is 16.6 Å². The van der Waals surface area contributed by atoms with Crippen molar-refractivity contribution in [2.75, 3.05) is 6.61 Å². The molecule has 1 aromatic heterocycles. The summed E-state index contributed by atoms with van der Waals surface area (Å²) in [4.78, 5) is 4.90. The largest absolute Gasteiger partial charge is 0.493 e. The van der Waals surface area contributed by atoms with Gasteiger partial charge in [0.1, 0.15) is 11.6 Å². The van der Waals surface area contributed by atoms with Crippen molar-refractivity contribution < 1.29 is 4.74 Å². The lowest BCUT2D eigenvalue weighted by atomic mass is 10.1. The number of fused-ring (bicyclic) bond motifs is 1. The van der Waals surface area contributed by atoms with Gasteiger partial charge in [-0.2, -0.15) is 0 Å². The van der Waals surface area contributed by atoms with Gasteiger partial charge in [-0.25, -0.2) is 4.98 Å². The molecule has 0 atom stereocenters. The van der Waals surface area contributed by atoms with Crippen LogP contribution < -0.4 is 4.74 Å². The van der Waals surface area contributed by atoms with Crippen molar-refractivity contribution in [1.29, 1.82) is 0 Å². The lowest BCUT2D eigenvalue weighted by Crippen LogP contribution is -2.04. The molecule has 0 unspecified atom stereocenters. The molecule has 0 bridgehead atoms. The molecule has 0 aliphatic rings. The number of aromatic nitrogens is 2. The van der Waals surface area contributed by atoms with Crippen LogP contribution in [0, 0.1) is 13.8 Å². The van der Waals surface area contributed by atoms with E-state index < -0.39 is 0 Å². The molecule has 3 aromatic carbocycles. The zero-order valence-electron chi connectivity index (χ0n) is 16.9. The molecule has 4 heteroatoms. The number of halogens is 1. The summed E-state index contributed by atoms with van der Waals surface area (Å²) < 4.78 is 9.42. The molecule has 0 spiro atoms. The lowest BCUT2D eigenvalue weighted by Gasteiger charge is -2.12. The highest BCUT2D eigenvalue weighted by atomic mass is 79.9. The first-order valence-electron chi connectivity index (χ1n) is 10.0. The highest BCUT2D eigenvalue weighted by molar-refractivity contribution is 9.10. The van der Waals surface area contributed by atoms with Crippen LogP contribution in [-0.2, 0) is 6.54 Å². The zero-order chi connectivity index (χ0) is 20.2. The summed E-state index contributed by atoms with van der Waals surface area (Å²) in [6, 6.07) is 22.9. The van der Waals surface area contributed by atoms with E-state index in [4.69, 9.17) is 9.72 Å². The number of rotatable bonds is 7. The molecule has 0 radical (unpaired) electrons. The SMILES string of the molecule is Cc1cccc(OCCCCn2c(-c3cccc(Br)c3)nc3ccccc32)c1C. The van der Waals surface area contributed by atoms with Crippen molar-refractivity contribution in [3.63, 3.8) is 0 Å². The topological polar surface area (TPSA) is 27.1 Å². The molecule has 0 saturated heterocycles. The van der Waals surface area contributed by atoms with Crippen LogP contribution in [0.25, 0.3) is 22.4 Å². The van der Waals surface area contributed by atoms with Crippen molar-refractivity contribution in [3.8, 4) is 17.1 Å². The molecule has 3 nitrogen and oxygen atoms in total. The number of hydrogen-bond acceptors (Lipinski definition) is 2. The Kier molecular flexibility index (Phi) is 6.00. The van der Waals surface area contributed by atoms with E-state index in [1.807, 2.05) is 12.1 Å². The Morgan fingerprint density at radius 2 is 1.76 bits per heavy atom. The van der Waals surface area contributed by atoms with Gasteiger partial charge in [-0.3, -0.25) is 0 Å². The Hall–Kier alpha value is -2.59. The van der Waals surface area contributed by atoms with E-state index >= 15 is 0 Å². The summed E-state index contributed by atoms with van der Waals surface area (Å²) >= 11 is 3.58. The fraction of sp³-hybridized carbons (Fsp3) is 0.240. The van der Waals surface area contributed by atoms with Crippen LogP contribution in [0.1, 0.15) is 24.0 Å². The van der Waals surface area contributed by atoms with Crippen molar-refractivity contribution in [3.05, 3.63) is 82.3 Å². The molecule has 1 heterocycles. The van der Waals surface area contributed by atoms with Crippen LogP contribution in [0.3, 0.4) is 0 Å². The number of para-hydroxylation sites is 2. The van der Waals surface area contributed by atoms with Crippen LogP contribution in [-0.4, -0.2) is 16.2 Å². The Morgan fingerprint density at radius 3 is 2.62 bits per heavy atom. The quantitative estimate of drug-likeness (QED) is 0.286. The third-order valence-corrected chi connectivity index (χ3v) is 5.82.